The Morgan fingerprint density at radius 2 is 2.08 bits per heavy atom. The van der Waals surface area contributed by atoms with Crippen molar-refractivity contribution in [2.45, 2.75) is 6.18 Å². The van der Waals surface area contributed by atoms with Gasteiger partial charge in [-0.25, -0.2) is 4.98 Å². The number of nitrogens with zero attached hydrogens (tertiary/aromatic N) is 2. The van der Waals surface area contributed by atoms with Crippen molar-refractivity contribution in [3.05, 3.63) is 22.9 Å². The molecule has 0 aromatic carbocycles. The molecule has 70 valence electrons. The van der Waals surface area contributed by atoms with Gasteiger partial charge in [0, 0.05) is 0 Å². The number of alkyl halides is 3. The van der Waals surface area contributed by atoms with Crippen LogP contribution in [0, 0.1) is 4.91 Å². The summed E-state index contributed by atoms with van der Waals surface area (Å²) in [6.45, 7) is 0. The van der Waals surface area contributed by atoms with Crippen LogP contribution in [-0.4, -0.2) is 4.98 Å². The van der Waals surface area contributed by atoms with Crippen LogP contribution in [0.5, 0.6) is 0 Å². The minimum atomic E-state index is -4.56. The lowest BCUT2D eigenvalue weighted by molar-refractivity contribution is -0.141. The summed E-state index contributed by atoms with van der Waals surface area (Å²) in [6, 6.07) is 0.566. The van der Waals surface area contributed by atoms with E-state index in [2.05, 4.69) is 10.2 Å². The highest BCUT2D eigenvalue weighted by Crippen LogP contribution is 2.31. The van der Waals surface area contributed by atoms with Gasteiger partial charge in [0.05, 0.1) is 11.9 Å². The van der Waals surface area contributed by atoms with Gasteiger partial charge in [0.25, 0.3) is 0 Å². The topological polar surface area (TPSA) is 68.3 Å². The van der Waals surface area contributed by atoms with Gasteiger partial charge in [-0.1, -0.05) is 0 Å². The number of nitroso groups, excluding NO2 is 1. The molecule has 0 amide bonds. The Morgan fingerprint density at radius 3 is 2.46 bits per heavy atom. The predicted octanol–water partition coefficient (Wildman–Crippen LogP) is 2.08. The number of rotatable bonds is 1. The first kappa shape index (κ1) is 9.43. The molecule has 0 fully saturated rings. The number of pyridine rings is 1. The standard InChI is InChI=1S/C6H4F3N3O/c7-6(8,9)5-1-3(10)4(12-13)2-11-5/h1-2H,(H2,10,11). The summed E-state index contributed by atoms with van der Waals surface area (Å²) in [6.07, 6.45) is -3.87. The van der Waals surface area contributed by atoms with Crippen molar-refractivity contribution in [2.24, 2.45) is 5.18 Å². The molecule has 0 aliphatic heterocycles. The Bertz CT molecular complexity index is 336. The molecule has 0 aliphatic carbocycles. The van der Waals surface area contributed by atoms with Gasteiger partial charge in [0.15, 0.2) is 0 Å². The maximum Gasteiger partial charge on any atom is 0.433 e. The Morgan fingerprint density at radius 1 is 1.46 bits per heavy atom. The van der Waals surface area contributed by atoms with Crippen LogP contribution in [0.3, 0.4) is 0 Å². The van der Waals surface area contributed by atoms with E-state index in [1.807, 2.05) is 0 Å². The first-order valence-corrected chi connectivity index (χ1v) is 3.11. The van der Waals surface area contributed by atoms with E-state index in [-0.39, 0.29) is 11.4 Å². The number of nitrogens with two attached hydrogens (primary N) is 1. The third kappa shape index (κ3) is 1.92. The Kier molecular flexibility index (Phi) is 2.18. The third-order valence-electron chi connectivity index (χ3n) is 1.30. The molecule has 1 heterocycles. The summed E-state index contributed by atoms with van der Waals surface area (Å²) in [7, 11) is 0. The summed E-state index contributed by atoms with van der Waals surface area (Å²) in [5, 5.41) is 2.39. The van der Waals surface area contributed by atoms with E-state index >= 15 is 0 Å². The molecular formula is C6H4F3N3O. The van der Waals surface area contributed by atoms with Crippen LogP contribution < -0.4 is 5.73 Å². The maximum absolute atomic E-state index is 12.0. The monoisotopic (exact) mass is 191 g/mol. The first-order chi connectivity index (χ1) is 5.95. The van der Waals surface area contributed by atoms with Crippen molar-refractivity contribution in [3.8, 4) is 0 Å². The zero-order valence-corrected chi connectivity index (χ0v) is 6.17. The van der Waals surface area contributed by atoms with Crippen molar-refractivity contribution >= 4 is 11.4 Å². The summed E-state index contributed by atoms with van der Waals surface area (Å²) in [4.78, 5) is 12.9. The largest absolute Gasteiger partial charge is 0.433 e. The SMILES string of the molecule is Nc1cc(C(F)(F)F)ncc1N=O. The fourth-order valence-electron chi connectivity index (χ4n) is 0.695. The van der Waals surface area contributed by atoms with Crippen LogP contribution in [0.4, 0.5) is 24.5 Å². The zero-order chi connectivity index (χ0) is 10.1. The number of nitrogen functional groups attached to an aromatic ring is 1. The summed E-state index contributed by atoms with van der Waals surface area (Å²) < 4.78 is 35.9. The molecule has 0 aliphatic rings. The number of hydrogen-bond donors (Lipinski definition) is 1. The molecule has 0 unspecified atom stereocenters. The lowest BCUT2D eigenvalue weighted by Gasteiger charge is -2.05. The second kappa shape index (κ2) is 3.00. The van der Waals surface area contributed by atoms with Gasteiger partial charge >= 0.3 is 6.18 Å². The second-order valence-corrected chi connectivity index (χ2v) is 2.22. The summed E-state index contributed by atoms with van der Waals surface area (Å²) in [5.74, 6) is 0. The third-order valence-corrected chi connectivity index (χ3v) is 1.30. The van der Waals surface area contributed by atoms with E-state index in [4.69, 9.17) is 5.73 Å². The van der Waals surface area contributed by atoms with Crippen LogP contribution in [0.2, 0.25) is 0 Å². The van der Waals surface area contributed by atoms with E-state index in [9.17, 15) is 18.1 Å². The average molecular weight is 191 g/mol. The van der Waals surface area contributed by atoms with Gasteiger partial charge in [-0.3, -0.25) is 0 Å². The predicted molar refractivity (Wildman–Crippen MR) is 39.1 cm³/mol. The smallest absolute Gasteiger partial charge is 0.397 e. The van der Waals surface area contributed by atoms with Crippen LogP contribution in [0.25, 0.3) is 0 Å². The number of aromatic nitrogens is 1. The zero-order valence-electron chi connectivity index (χ0n) is 6.17. The summed E-state index contributed by atoms with van der Waals surface area (Å²) >= 11 is 0. The van der Waals surface area contributed by atoms with E-state index in [0.29, 0.717) is 12.3 Å². The maximum atomic E-state index is 12.0. The Labute approximate surface area is 70.5 Å². The van der Waals surface area contributed by atoms with E-state index in [1.165, 1.54) is 0 Å². The van der Waals surface area contributed by atoms with Gasteiger partial charge in [0.2, 0.25) is 0 Å². The second-order valence-electron chi connectivity index (χ2n) is 2.22. The molecule has 0 radical (unpaired) electrons. The molecule has 1 rings (SSSR count). The molecule has 1 aromatic rings. The van der Waals surface area contributed by atoms with E-state index in [0.717, 1.165) is 0 Å². The highest BCUT2D eigenvalue weighted by atomic mass is 19.4. The number of anilines is 1. The van der Waals surface area contributed by atoms with Crippen LogP contribution in [0.15, 0.2) is 17.4 Å². The number of halogens is 3. The molecule has 0 bridgehead atoms. The first-order valence-electron chi connectivity index (χ1n) is 3.11. The van der Waals surface area contributed by atoms with Gasteiger partial charge in [-0.15, -0.1) is 4.91 Å². The average Bonchev–Trinajstić information content (AvgIpc) is 2.02. The van der Waals surface area contributed by atoms with Crippen molar-refractivity contribution in [2.75, 3.05) is 5.73 Å². The van der Waals surface area contributed by atoms with Gasteiger partial charge in [-0.05, 0) is 11.2 Å². The van der Waals surface area contributed by atoms with Crippen molar-refractivity contribution in [1.82, 2.24) is 4.98 Å². The molecule has 0 atom stereocenters. The highest BCUT2D eigenvalue weighted by molar-refractivity contribution is 5.61. The van der Waals surface area contributed by atoms with E-state index < -0.39 is 11.9 Å². The van der Waals surface area contributed by atoms with Crippen molar-refractivity contribution in [3.63, 3.8) is 0 Å². The molecule has 0 spiro atoms. The molecule has 7 heteroatoms. The molecule has 1 aromatic heterocycles. The van der Waals surface area contributed by atoms with Crippen LogP contribution >= 0.6 is 0 Å². The minimum Gasteiger partial charge on any atom is -0.397 e. The van der Waals surface area contributed by atoms with Gasteiger partial charge < -0.3 is 5.73 Å². The quantitative estimate of drug-likeness (QED) is 0.691. The molecule has 4 nitrogen and oxygen atoms in total. The number of hydrogen-bond acceptors (Lipinski definition) is 4. The van der Waals surface area contributed by atoms with Gasteiger partial charge in [0.1, 0.15) is 11.4 Å². The molecule has 0 saturated carbocycles. The molecule has 2 N–H and O–H groups in total. The molecule has 0 saturated heterocycles. The van der Waals surface area contributed by atoms with Crippen molar-refractivity contribution in [1.29, 1.82) is 0 Å². The van der Waals surface area contributed by atoms with Crippen LogP contribution in [-0.2, 0) is 6.18 Å². The Hall–Kier alpha value is -1.66. The van der Waals surface area contributed by atoms with Crippen LogP contribution in [0.1, 0.15) is 5.69 Å². The Balaban J connectivity index is 3.17. The fourth-order valence-corrected chi connectivity index (χ4v) is 0.695. The normalized spacial score (nSPS) is 11.3. The van der Waals surface area contributed by atoms with Gasteiger partial charge in [-0.2, -0.15) is 13.2 Å². The molecular weight excluding hydrogens is 187 g/mol. The van der Waals surface area contributed by atoms with E-state index in [1.54, 1.807) is 0 Å². The fraction of sp³-hybridized carbons (Fsp3) is 0.167. The van der Waals surface area contributed by atoms with Crippen molar-refractivity contribution < 1.29 is 13.2 Å². The lowest BCUT2D eigenvalue weighted by Crippen LogP contribution is -2.08. The highest BCUT2D eigenvalue weighted by Gasteiger charge is 2.32. The minimum absolute atomic E-state index is 0.298. The summed E-state index contributed by atoms with van der Waals surface area (Å²) in [5.41, 5.74) is 3.32. The lowest BCUT2D eigenvalue weighted by atomic mass is 10.3. The molecule has 13 heavy (non-hydrogen) atoms.